The van der Waals surface area contributed by atoms with Crippen molar-refractivity contribution in [2.75, 3.05) is 5.75 Å². The Morgan fingerprint density at radius 2 is 1.77 bits per heavy atom. The van der Waals surface area contributed by atoms with Crippen LogP contribution in [-0.4, -0.2) is 21.1 Å². The molecule has 2 atom stereocenters. The van der Waals surface area contributed by atoms with E-state index < -0.39 is 5.60 Å². The first-order valence-corrected chi connectivity index (χ1v) is 12.9. The second-order valence-electron chi connectivity index (χ2n) is 9.94. The Balaban J connectivity index is 1.57. The zero-order valence-corrected chi connectivity index (χ0v) is 20.6. The highest BCUT2D eigenvalue weighted by Gasteiger charge is 2.51. The maximum atomic E-state index is 13.6. The number of fused-ring (bicyclic) bond motifs is 9. The number of nitrogens with zero attached hydrogens (tertiary/aromatic N) is 2. The van der Waals surface area contributed by atoms with Crippen molar-refractivity contribution in [3.8, 4) is 11.4 Å². The third-order valence-electron chi connectivity index (χ3n) is 7.53. The van der Waals surface area contributed by atoms with E-state index in [4.69, 9.17) is 14.3 Å². The predicted octanol–water partition coefficient (Wildman–Crippen LogP) is 6.47. The molecule has 0 radical (unpaired) electrons. The Bertz CT molecular complexity index is 1700. The van der Waals surface area contributed by atoms with Crippen LogP contribution >= 0.6 is 11.8 Å². The molecule has 4 heterocycles. The molecule has 0 amide bonds. The van der Waals surface area contributed by atoms with Crippen LogP contribution in [0.1, 0.15) is 36.6 Å². The lowest BCUT2D eigenvalue weighted by Gasteiger charge is -2.46. The van der Waals surface area contributed by atoms with Crippen LogP contribution in [0.2, 0.25) is 0 Å². The highest BCUT2D eigenvalue weighted by Crippen LogP contribution is 2.56. The van der Waals surface area contributed by atoms with E-state index in [0.717, 1.165) is 43.9 Å². The minimum atomic E-state index is -0.471. The molecule has 0 aliphatic carbocycles. The Labute approximate surface area is 206 Å². The van der Waals surface area contributed by atoms with Crippen LogP contribution in [0.5, 0.6) is 5.75 Å². The minimum absolute atomic E-state index is 0.106. The molecule has 5 aromatic rings. The number of aryl methyl sites for hydroxylation is 1. The molecule has 7 rings (SSSR count). The summed E-state index contributed by atoms with van der Waals surface area (Å²) in [6.07, 6.45) is 0. The topological polar surface area (TPSA) is 57.3 Å². The maximum absolute atomic E-state index is 13.6. The van der Waals surface area contributed by atoms with Gasteiger partial charge < -0.3 is 9.15 Å². The maximum Gasteiger partial charge on any atom is 0.343 e. The highest BCUT2D eigenvalue weighted by atomic mass is 32.2. The second kappa shape index (κ2) is 7.25. The van der Waals surface area contributed by atoms with Crippen LogP contribution in [0.4, 0.5) is 0 Å². The largest absolute Gasteiger partial charge is 0.486 e. The van der Waals surface area contributed by atoms with Gasteiger partial charge in [0.25, 0.3) is 0 Å². The lowest BCUT2D eigenvalue weighted by molar-refractivity contribution is 0.0269. The van der Waals surface area contributed by atoms with Crippen molar-refractivity contribution in [1.82, 2.24) is 9.78 Å². The number of ether oxygens (including phenoxy) is 1. The molecule has 2 aliphatic heterocycles. The summed E-state index contributed by atoms with van der Waals surface area (Å²) in [5, 5.41) is 9.02. The Morgan fingerprint density at radius 3 is 2.60 bits per heavy atom. The SMILES string of the molecule is Cc1nn(-c2ccccc2)c2c1[C@H]1c3c(c4c(ccc5ccccc54)oc3=O)OC(C)(C)[C@H]1CS2. The molecule has 5 nitrogen and oxygen atoms in total. The molecule has 6 heteroatoms. The molecule has 0 unspecified atom stereocenters. The van der Waals surface area contributed by atoms with Crippen molar-refractivity contribution in [3.05, 3.63) is 94.0 Å². The van der Waals surface area contributed by atoms with E-state index in [1.165, 1.54) is 0 Å². The summed E-state index contributed by atoms with van der Waals surface area (Å²) in [6.45, 7) is 6.32. The fourth-order valence-corrected chi connectivity index (χ4v) is 7.47. The summed E-state index contributed by atoms with van der Waals surface area (Å²) in [5.41, 5.74) is 3.45. The second-order valence-corrected chi connectivity index (χ2v) is 11.0. The molecular weight excluding hydrogens is 456 g/mol. The fourth-order valence-electron chi connectivity index (χ4n) is 5.84. The predicted molar refractivity (Wildman–Crippen MR) is 139 cm³/mol. The lowest BCUT2D eigenvalue weighted by atomic mass is 9.71. The standard InChI is InChI=1S/C29H24N2O3S/c1-16-22-24-20(15-35-27(22)31(30-16)18-10-5-4-6-11-18)29(2,3)34-26-23-19-12-8-7-9-17(19)13-14-21(23)33-28(32)25(24)26/h4-14,20,24H,15H2,1-3H3/t20-,24-/m0/s1. The first kappa shape index (κ1) is 20.8. The quantitative estimate of drug-likeness (QED) is 0.203. The molecule has 2 aromatic heterocycles. The lowest BCUT2D eigenvalue weighted by Crippen LogP contribution is -2.49. The van der Waals surface area contributed by atoms with Crippen LogP contribution in [0.3, 0.4) is 0 Å². The third-order valence-corrected chi connectivity index (χ3v) is 8.72. The summed E-state index contributed by atoms with van der Waals surface area (Å²) < 4.78 is 14.7. The van der Waals surface area contributed by atoms with Gasteiger partial charge in [0.15, 0.2) is 0 Å². The molecule has 3 aromatic carbocycles. The number of thioether (sulfide) groups is 1. The van der Waals surface area contributed by atoms with Crippen molar-refractivity contribution in [1.29, 1.82) is 0 Å². The Morgan fingerprint density at radius 1 is 1.00 bits per heavy atom. The fraction of sp³-hybridized carbons (Fsp3) is 0.241. The number of hydrogen-bond acceptors (Lipinski definition) is 5. The monoisotopic (exact) mass is 480 g/mol. The van der Waals surface area contributed by atoms with Gasteiger partial charge in [-0.15, -0.1) is 11.8 Å². The van der Waals surface area contributed by atoms with Crippen LogP contribution in [-0.2, 0) is 0 Å². The first-order valence-electron chi connectivity index (χ1n) is 11.9. The zero-order valence-electron chi connectivity index (χ0n) is 19.7. The van der Waals surface area contributed by atoms with Gasteiger partial charge in [-0.25, -0.2) is 9.48 Å². The molecule has 0 fully saturated rings. The average molecular weight is 481 g/mol. The molecule has 0 saturated heterocycles. The molecule has 0 N–H and O–H groups in total. The Hall–Kier alpha value is -3.51. The molecular formula is C29H24N2O3S. The van der Waals surface area contributed by atoms with Crippen molar-refractivity contribution >= 4 is 33.5 Å². The van der Waals surface area contributed by atoms with E-state index in [1.54, 1.807) is 11.8 Å². The van der Waals surface area contributed by atoms with Crippen LogP contribution < -0.4 is 10.4 Å². The molecule has 0 spiro atoms. The van der Waals surface area contributed by atoms with E-state index >= 15 is 0 Å². The van der Waals surface area contributed by atoms with E-state index in [9.17, 15) is 4.79 Å². The summed E-state index contributed by atoms with van der Waals surface area (Å²) in [7, 11) is 0. The number of para-hydroxylation sites is 1. The molecule has 0 bridgehead atoms. The minimum Gasteiger partial charge on any atom is -0.486 e. The van der Waals surface area contributed by atoms with Gasteiger partial charge in [0, 0.05) is 23.2 Å². The van der Waals surface area contributed by atoms with Gasteiger partial charge >= 0.3 is 5.63 Å². The third kappa shape index (κ3) is 2.89. The van der Waals surface area contributed by atoms with Gasteiger partial charge in [0.1, 0.15) is 22.0 Å². The van der Waals surface area contributed by atoms with Crippen LogP contribution in [0, 0.1) is 12.8 Å². The van der Waals surface area contributed by atoms with Crippen LogP contribution in [0.25, 0.3) is 27.4 Å². The normalized spacial score (nSPS) is 20.2. The van der Waals surface area contributed by atoms with Gasteiger partial charge in [-0.2, -0.15) is 5.10 Å². The van der Waals surface area contributed by atoms with E-state index in [0.29, 0.717) is 16.9 Å². The van der Waals surface area contributed by atoms with Crippen molar-refractivity contribution in [2.45, 2.75) is 37.3 Å². The summed E-state index contributed by atoms with van der Waals surface area (Å²) in [4.78, 5) is 13.6. The summed E-state index contributed by atoms with van der Waals surface area (Å²) in [5.74, 6) is 1.44. The number of rotatable bonds is 1. The van der Waals surface area contributed by atoms with Gasteiger partial charge in [0.05, 0.1) is 22.3 Å². The van der Waals surface area contributed by atoms with E-state index in [1.807, 2.05) is 54.1 Å². The van der Waals surface area contributed by atoms with E-state index in [2.05, 4.69) is 38.1 Å². The molecule has 2 aliphatic rings. The average Bonchev–Trinajstić information content (AvgIpc) is 3.20. The van der Waals surface area contributed by atoms with E-state index in [-0.39, 0.29) is 17.5 Å². The van der Waals surface area contributed by atoms with Crippen molar-refractivity contribution in [2.24, 2.45) is 5.92 Å². The van der Waals surface area contributed by atoms with Crippen LogP contribution in [0.15, 0.2) is 81.0 Å². The van der Waals surface area contributed by atoms with Gasteiger partial charge in [-0.3, -0.25) is 0 Å². The zero-order chi connectivity index (χ0) is 23.9. The molecule has 0 saturated carbocycles. The highest BCUT2D eigenvalue weighted by molar-refractivity contribution is 7.99. The van der Waals surface area contributed by atoms with Crippen molar-refractivity contribution < 1.29 is 9.15 Å². The Kier molecular flexibility index (Phi) is 4.31. The first-order chi connectivity index (χ1) is 16.9. The number of benzene rings is 3. The number of aromatic nitrogens is 2. The summed E-state index contributed by atoms with van der Waals surface area (Å²) in [6, 6.07) is 22.2. The number of hydrogen-bond donors (Lipinski definition) is 0. The molecule has 35 heavy (non-hydrogen) atoms. The van der Waals surface area contributed by atoms with Crippen molar-refractivity contribution in [3.63, 3.8) is 0 Å². The van der Waals surface area contributed by atoms with Gasteiger partial charge in [-0.05, 0) is 49.7 Å². The smallest absolute Gasteiger partial charge is 0.343 e. The van der Waals surface area contributed by atoms with Gasteiger partial charge in [0.2, 0.25) is 0 Å². The molecule has 174 valence electrons. The van der Waals surface area contributed by atoms with Gasteiger partial charge in [-0.1, -0.05) is 48.5 Å². The summed E-state index contributed by atoms with van der Waals surface area (Å²) >= 11 is 1.79.